The second-order valence-corrected chi connectivity index (χ2v) is 2.08. The van der Waals surface area contributed by atoms with Gasteiger partial charge in [-0.25, -0.2) is 4.79 Å². The van der Waals surface area contributed by atoms with Crippen LogP contribution < -0.4 is 0 Å². The highest BCUT2D eigenvalue weighted by molar-refractivity contribution is 6.53. The number of rotatable bonds is 4. The van der Waals surface area contributed by atoms with Gasteiger partial charge in [0.2, 0.25) is 0 Å². The van der Waals surface area contributed by atoms with Gasteiger partial charge in [0.15, 0.2) is 0 Å². The molecule has 0 bridgehead atoms. The largest absolute Gasteiger partial charge is 0.533 e. The first-order valence-electron chi connectivity index (χ1n) is 3.57. The Hall–Kier alpha value is -0.725. The minimum absolute atomic E-state index is 0.0606. The molecular weight excluding hydrogens is 127 g/mol. The highest BCUT2D eigenvalue weighted by Gasteiger charge is 2.12. The quantitative estimate of drug-likeness (QED) is 0.439. The molecule has 0 N–H and O–H groups in total. The third-order valence-corrected chi connectivity index (χ3v) is 1.36. The van der Waals surface area contributed by atoms with Crippen molar-refractivity contribution in [3.63, 3.8) is 0 Å². The number of hydrogen-bond donors (Lipinski definition) is 0. The van der Waals surface area contributed by atoms with Crippen LogP contribution in [0.3, 0.4) is 0 Å². The third-order valence-electron chi connectivity index (χ3n) is 1.36. The molecule has 0 aliphatic rings. The van der Waals surface area contributed by atoms with E-state index in [1.54, 1.807) is 0 Å². The first-order valence-corrected chi connectivity index (χ1v) is 3.57. The molecular formula is C7H13BO2. The van der Waals surface area contributed by atoms with Crippen molar-refractivity contribution in [2.75, 3.05) is 0 Å². The molecule has 0 aliphatic carbocycles. The van der Waals surface area contributed by atoms with Gasteiger partial charge in [-0.2, -0.15) is 0 Å². The van der Waals surface area contributed by atoms with Gasteiger partial charge in [-0.05, 0) is 12.6 Å². The first kappa shape index (κ1) is 9.27. The van der Waals surface area contributed by atoms with Gasteiger partial charge >= 0.3 is 12.9 Å². The third kappa shape index (κ3) is 3.33. The van der Waals surface area contributed by atoms with E-state index in [1.807, 2.05) is 13.8 Å². The Labute approximate surface area is 62.4 Å². The molecule has 10 heavy (non-hydrogen) atoms. The second kappa shape index (κ2) is 5.09. The van der Waals surface area contributed by atoms with Crippen LogP contribution in [0.15, 0.2) is 12.7 Å². The number of carbonyl (C=O) groups excluding carboxylic acids is 1. The van der Waals surface area contributed by atoms with Crippen molar-refractivity contribution in [1.29, 1.82) is 0 Å². The minimum atomic E-state index is -0.325. The van der Waals surface area contributed by atoms with E-state index >= 15 is 0 Å². The Morgan fingerprint density at radius 1 is 1.60 bits per heavy atom. The topological polar surface area (TPSA) is 26.3 Å². The van der Waals surface area contributed by atoms with E-state index in [2.05, 4.69) is 6.58 Å². The Morgan fingerprint density at radius 3 is 2.40 bits per heavy atom. The van der Waals surface area contributed by atoms with Gasteiger partial charge in [-0.1, -0.05) is 20.4 Å². The molecule has 0 saturated carbocycles. The van der Waals surface area contributed by atoms with Crippen LogP contribution in [0.25, 0.3) is 0 Å². The Morgan fingerprint density at radius 2 is 2.10 bits per heavy atom. The molecule has 0 heterocycles. The summed E-state index contributed by atoms with van der Waals surface area (Å²) in [4.78, 5) is 10.6. The first-order chi connectivity index (χ1) is 4.74. The summed E-state index contributed by atoms with van der Waals surface area (Å²) >= 11 is 0. The summed E-state index contributed by atoms with van der Waals surface area (Å²) in [5.74, 6) is -0.325. The maximum Gasteiger partial charge on any atom is 0.361 e. The van der Waals surface area contributed by atoms with E-state index in [0.29, 0.717) is 0 Å². The summed E-state index contributed by atoms with van der Waals surface area (Å²) in [6.07, 6.45) is 2.94. The smallest absolute Gasteiger partial charge is 0.361 e. The van der Waals surface area contributed by atoms with E-state index < -0.39 is 0 Å². The predicted molar refractivity (Wildman–Crippen MR) is 43.0 cm³/mol. The highest BCUT2D eigenvalue weighted by atomic mass is 16.5. The number of hydrogen-bond acceptors (Lipinski definition) is 2. The van der Waals surface area contributed by atoms with Crippen molar-refractivity contribution in [2.45, 2.75) is 26.5 Å². The van der Waals surface area contributed by atoms with Crippen LogP contribution in [-0.4, -0.2) is 12.9 Å². The maximum atomic E-state index is 10.6. The fourth-order valence-electron chi connectivity index (χ4n) is 0.668. The molecule has 56 valence electrons. The van der Waals surface area contributed by atoms with Crippen LogP contribution >= 0.6 is 0 Å². The van der Waals surface area contributed by atoms with Gasteiger partial charge in [0.05, 0.1) is 0 Å². The molecule has 0 aromatic heterocycles. The molecule has 0 aliphatic heterocycles. The molecule has 0 spiro atoms. The van der Waals surface area contributed by atoms with Crippen LogP contribution in [0.4, 0.5) is 0 Å². The Kier molecular flexibility index (Phi) is 4.72. The lowest BCUT2D eigenvalue weighted by Crippen LogP contribution is -2.18. The Balaban J connectivity index is 3.62. The van der Waals surface area contributed by atoms with Gasteiger partial charge in [-0.3, -0.25) is 0 Å². The van der Waals surface area contributed by atoms with Crippen molar-refractivity contribution < 1.29 is 9.45 Å². The van der Waals surface area contributed by atoms with Crippen LogP contribution in [-0.2, 0) is 9.45 Å². The standard InChI is InChI=1S/C7H13BO2/c1-4-7(9)10-8(5-2)6-3/h4H,1,5-6H2,2-3H3. The fourth-order valence-corrected chi connectivity index (χ4v) is 0.668. The van der Waals surface area contributed by atoms with Crippen LogP contribution in [0.1, 0.15) is 13.8 Å². The van der Waals surface area contributed by atoms with Gasteiger partial charge in [0.25, 0.3) is 0 Å². The lowest BCUT2D eigenvalue weighted by Gasteiger charge is -2.07. The van der Waals surface area contributed by atoms with E-state index in [0.717, 1.165) is 12.6 Å². The summed E-state index contributed by atoms with van der Waals surface area (Å²) < 4.78 is 4.94. The van der Waals surface area contributed by atoms with Crippen molar-refractivity contribution >= 4 is 12.9 Å². The molecule has 0 radical (unpaired) electrons. The second-order valence-electron chi connectivity index (χ2n) is 2.08. The highest BCUT2D eigenvalue weighted by Crippen LogP contribution is 1.99. The zero-order valence-electron chi connectivity index (χ0n) is 6.59. The molecule has 0 fully saturated rings. The zero-order chi connectivity index (χ0) is 7.98. The van der Waals surface area contributed by atoms with Crippen molar-refractivity contribution in [1.82, 2.24) is 0 Å². The summed E-state index contributed by atoms with van der Waals surface area (Å²) in [5.41, 5.74) is 0. The number of carbonyl (C=O) groups is 1. The zero-order valence-corrected chi connectivity index (χ0v) is 6.59. The lowest BCUT2D eigenvalue weighted by molar-refractivity contribution is -0.129. The molecule has 0 saturated heterocycles. The maximum absolute atomic E-state index is 10.6. The average molecular weight is 140 g/mol. The SMILES string of the molecule is C=CC(=O)OB(CC)CC. The monoisotopic (exact) mass is 140 g/mol. The van der Waals surface area contributed by atoms with Gasteiger partial charge in [-0.15, -0.1) is 0 Å². The molecule has 3 heteroatoms. The van der Waals surface area contributed by atoms with E-state index in [1.165, 1.54) is 6.08 Å². The predicted octanol–water partition coefficient (Wildman–Crippen LogP) is 1.75. The fraction of sp³-hybridized carbons (Fsp3) is 0.571. The molecule has 0 atom stereocenters. The minimum Gasteiger partial charge on any atom is -0.533 e. The van der Waals surface area contributed by atoms with Crippen LogP contribution in [0, 0.1) is 0 Å². The normalized spacial score (nSPS) is 8.60. The summed E-state index contributed by atoms with van der Waals surface area (Å²) in [7, 11) is 0. The molecule has 0 aromatic carbocycles. The van der Waals surface area contributed by atoms with Gasteiger partial charge < -0.3 is 4.65 Å². The molecule has 0 amide bonds. The van der Waals surface area contributed by atoms with E-state index in [9.17, 15) is 4.79 Å². The van der Waals surface area contributed by atoms with E-state index in [-0.39, 0.29) is 12.9 Å². The van der Waals surface area contributed by atoms with E-state index in [4.69, 9.17) is 4.65 Å². The van der Waals surface area contributed by atoms with Crippen molar-refractivity contribution in [3.05, 3.63) is 12.7 Å². The summed E-state index contributed by atoms with van der Waals surface area (Å²) in [6.45, 7) is 7.35. The van der Waals surface area contributed by atoms with Gasteiger partial charge in [0, 0.05) is 6.08 Å². The molecule has 2 nitrogen and oxygen atoms in total. The van der Waals surface area contributed by atoms with Crippen molar-refractivity contribution in [2.24, 2.45) is 0 Å². The van der Waals surface area contributed by atoms with Crippen LogP contribution in [0.5, 0.6) is 0 Å². The van der Waals surface area contributed by atoms with Crippen molar-refractivity contribution in [3.8, 4) is 0 Å². The van der Waals surface area contributed by atoms with Crippen LogP contribution in [0.2, 0.25) is 12.6 Å². The Bertz CT molecular complexity index is 119. The lowest BCUT2D eigenvalue weighted by atomic mass is 9.63. The molecule has 0 aromatic rings. The van der Waals surface area contributed by atoms with Gasteiger partial charge in [0.1, 0.15) is 0 Å². The summed E-state index contributed by atoms with van der Waals surface area (Å²) in [6, 6.07) is 0. The average Bonchev–Trinajstić information content (AvgIpc) is 1.99. The molecule has 0 unspecified atom stereocenters. The molecule has 0 rings (SSSR count). The summed E-state index contributed by atoms with van der Waals surface area (Å²) in [5, 5.41) is 0.